The van der Waals surface area contributed by atoms with Gasteiger partial charge in [0, 0.05) is 19.8 Å². The van der Waals surface area contributed by atoms with Crippen molar-refractivity contribution in [2.24, 2.45) is 10.7 Å². The number of hydrogen-bond donors (Lipinski definition) is 2. The van der Waals surface area contributed by atoms with Crippen molar-refractivity contribution in [1.82, 2.24) is 5.32 Å². The number of benzene rings is 1. The van der Waals surface area contributed by atoms with E-state index in [-0.39, 0.29) is 6.10 Å². The van der Waals surface area contributed by atoms with E-state index in [0.29, 0.717) is 19.1 Å². The van der Waals surface area contributed by atoms with Crippen LogP contribution in [-0.4, -0.2) is 31.8 Å². The fourth-order valence-corrected chi connectivity index (χ4v) is 1.77. The van der Waals surface area contributed by atoms with Gasteiger partial charge in [-0.1, -0.05) is 24.3 Å². The molecule has 0 heterocycles. The Labute approximate surface area is 133 Å². The third kappa shape index (κ3) is 8.64. The van der Waals surface area contributed by atoms with Gasteiger partial charge in [0.05, 0.1) is 19.3 Å². The van der Waals surface area contributed by atoms with Crippen molar-refractivity contribution in [3.05, 3.63) is 35.4 Å². The van der Waals surface area contributed by atoms with E-state index in [0.717, 1.165) is 31.7 Å². The lowest BCUT2D eigenvalue weighted by Gasteiger charge is -2.08. The zero-order chi connectivity index (χ0) is 16.2. The number of rotatable bonds is 10. The zero-order valence-electron chi connectivity index (χ0n) is 14.0. The summed E-state index contributed by atoms with van der Waals surface area (Å²) in [7, 11) is 0. The standard InChI is InChI=1S/C17H29N3O2/c1-4-21-11-5-10-19-17(18)20-12-15-6-8-16(9-7-15)13-22-14(2)3/h6-9,14H,4-5,10-13H2,1-3H3,(H3,18,19,20). The predicted octanol–water partition coefficient (Wildman–Crippen LogP) is 2.44. The Morgan fingerprint density at radius 1 is 1.23 bits per heavy atom. The summed E-state index contributed by atoms with van der Waals surface area (Å²) in [6, 6.07) is 8.26. The summed E-state index contributed by atoms with van der Waals surface area (Å²) in [5.41, 5.74) is 8.13. The topological polar surface area (TPSA) is 68.9 Å². The number of guanidine groups is 1. The Kier molecular flexibility index (Phi) is 9.26. The van der Waals surface area contributed by atoms with Gasteiger partial charge in [-0.05, 0) is 38.3 Å². The fourth-order valence-electron chi connectivity index (χ4n) is 1.77. The van der Waals surface area contributed by atoms with Crippen molar-refractivity contribution < 1.29 is 9.47 Å². The van der Waals surface area contributed by atoms with Crippen molar-refractivity contribution in [3.63, 3.8) is 0 Å². The van der Waals surface area contributed by atoms with Crippen molar-refractivity contribution in [1.29, 1.82) is 0 Å². The Morgan fingerprint density at radius 2 is 1.91 bits per heavy atom. The minimum absolute atomic E-state index is 0.248. The van der Waals surface area contributed by atoms with Crippen LogP contribution in [-0.2, 0) is 22.6 Å². The summed E-state index contributed by atoms with van der Waals surface area (Å²) in [4.78, 5) is 4.33. The second kappa shape index (κ2) is 11.0. The van der Waals surface area contributed by atoms with Gasteiger partial charge in [0.25, 0.3) is 0 Å². The van der Waals surface area contributed by atoms with Crippen molar-refractivity contribution in [2.75, 3.05) is 19.8 Å². The summed E-state index contributed by atoms with van der Waals surface area (Å²) < 4.78 is 10.8. The molecule has 1 aromatic rings. The number of nitrogens with zero attached hydrogens (tertiary/aromatic N) is 1. The molecule has 5 nitrogen and oxygen atoms in total. The molecule has 0 saturated carbocycles. The molecule has 0 aliphatic carbocycles. The summed E-state index contributed by atoms with van der Waals surface area (Å²) >= 11 is 0. The van der Waals surface area contributed by atoms with Crippen LogP contribution in [0.1, 0.15) is 38.3 Å². The monoisotopic (exact) mass is 307 g/mol. The molecule has 124 valence electrons. The van der Waals surface area contributed by atoms with Gasteiger partial charge < -0.3 is 20.5 Å². The first-order valence-electron chi connectivity index (χ1n) is 7.92. The molecule has 0 saturated heterocycles. The van der Waals surface area contributed by atoms with Crippen LogP contribution in [0, 0.1) is 0 Å². The molecule has 5 heteroatoms. The van der Waals surface area contributed by atoms with E-state index in [1.165, 1.54) is 5.56 Å². The van der Waals surface area contributed by atoms with Crippen LogP contribution in [0.25, 0.3) is 0 Å². The van der Waals surface area contributed by atoms with E-state index in [4.69, 9.17) is 15.2 Å². The molecule has 3 N–H and O–H groups in total. The van der Waals surface area contributed by atoms with Crippen molar-refractivity contribution in [3.8, 4) is 0 Å². The van der Waals surface area contributed by atoms with Gasteiger partial charge in [-0.2, -0.15) is 0 Å². The molecule has 0 fully saturated rings. The molecular formula is C17H29N3O2. The van der Waals surface area contributed by atoms with Gasteiger partial charge in [-0.15, -0.1) is 0 Å². The molecule has 1 aromatic carbocycles. The highest BCUT2D eigenvalue weighted by Crippen LogP contribution is 2.08. The van der Waals surface area contributed by atoms with E-state index in [9.17, 15) is 0 Å². The van der Waals surface area contributed by atoms with Crippen molar-refractivity contribution in [2.45, 2.75) is 46.4 Å². The zero-order valence-corrected chi connectivity index (χ0v) is 14.0. The van der Waals surface area contributed by atoms with E-state index in [1.54, 1.807) is 0 Å². The molecule has 0 atom stereocenters. The number of ether oxygens (including phenoxy) is 2. The number of nitrogens with two attached hydrogens (primary N) is 1. The first-order valence-corrected chi connectivity index (χ1v) is 7.92. The maximum atomic E-state index is 5.83. The summed E-state index contributed by atoms with van der Waals surface area (Å²) in [6.07, 6.45) is 1.17. The SMILES string of the molecule is CCOCCCNC(N)=NCc1ccc(COC(C)C)cc1. The van der Waals surface area contributed by atoms with Crippen LogP contribution in [0.5, 0.6) is 0 Å². The Balaban J connectivity index is 2.29. The van der Waals surface area contributed by atoms with Gasteiger partial charge >= 0.3 is 0 Å². The van der Waals surface area contributed by atoms with Gasteiger partial charge in [0.1, 0.15) is 0 Å². The highest BCUT2D eigenvalue weighted by atomic mass is 16.5. The average Bonchev–Trinajstić information content (AvgIpc) is 2.51. The van der Waals surface area contributed by atoms with Crippen LogP contribution in [0.15, 0.2) is 29.3 Å². The van der Waals surface area contributed by atoms with Crippen LogP contribution in [0.2, 0.25) is 0 Å². The third-order valence-electron chi connectivity index (χ3n) is 3.01. The molecule has 22 heavy (non-hydrogen) atoms. The lowest BCUT2D eigenvalue weighted by Crippen LogP contribution is -2.32. The molecule has 0 amide bonds. The van der Waals surface area contributed by atoms with Gasteiger partial charge in [0.15, 0.2) is 5.96 Å². The molecule has 0 aliphatic heterocycles. The highest BCUT2D eigenvalue weighted by molar-refractivity contribution is 5.77. The summed E-state index contributed by atoms with van der Waals surface area (Å²) in [6.45, 7) is 9.56. The van der Waals surface area contributed by atoms with E-state index in [2.05, 4.69) is 34.6 Å². The number of nitrogens with one attached hydrogen (secondary N) is 1. The molecule has 0 bridgehead atoms. The first kappa shape index (κ1) is 18.5. The Hall–Kier alpha value is -1.59. The molecular weight excluding hydrogens is 278 g/mol. The van der Waals surface area contributed by atoms with Crippen LogP contribution < -0.4 is 11.1 Å². The maximum absolute atomic E-state index is 5.83. The van der Waals surface area contributed by atoms with Crippen LogP contribution >= 0.6 is 0 Å². The molecule has 0 aromatic heterocycles. The third-order valence-corrected chi connectivity index (χ3v) is 3.01. The maximum Gasteiger partial charge on any atom is 0.188 e. The fraction of sp³-hybridized carbons (Fsp3) is 0.588. The Bertz CT molecular complexity index is 430. The van der Waals surface area contributed by atoms with E-state index < -0.39 is 0 Å². The van der Waals surface area contributed by atoms with Gasteiger partial charge in [0.2, 0.25) is 0 Å². The van der Waals surface area contributed by atoms with Crippen LogP contribution in [0.3, 0.4) is 0 Å². The highest BCUT2D eigenvalue weighted by Gasteiger charge is 1.98. The molecule has 0 radical (unpaired) electrons. The summed E-state index contributed by atoms with van der Waals surface area (Å²) in [5, 5.41) is 3.08. The summed E-state index contributed by atoms with van der Waals surface area (Å²) in [5.74, 6) is 0.476. The first-order chi connectivity index (χ1) is 10.6. The van der Waals surface area contributed by atoms with Crippen molar-refractivity contribution >= 4 is 5.96 Å². The average molecular weight is 307 g/mol. The minimum Gasteiger partial charge on any atom is -0.382 e. The predicted molar refractivity (Wildman–Crippen MR) is 90.8 cm³/mol. The van der Waals surface area contributed by atoms with Gasteiger partial charge in [-0.25, -0.2) is 4.99 Å². The number of hydrogen-bond acceptors (Lipinski definition) is 3. The molecule has 1 rings (SSSR count). The van der Waals surface area contributed by atoms with Gasteiger partial charge in [-0.3, -0.25) is 0 Å². The Morgan fingerprint density at radius 3 is 2.55 bits per heavy atom. The second-order valence-corrected chi connectivity index (χ2v) is 5.35. The molecule has 0 spiro atoms. The molecule has 0 aliphatic rings. The minimum atomic E-state index is 0.248. The second-order valence-electron chi connectivity index (χ2n) is 5.35. The smallest absolute Gasteiger partial charge is 0.188 e. The normalized spacial score (nSPS) is 11.9. The van der Waals surface area contributed by atoms with E-state index in [1.807, 2.05) is 20.8 Å². The quantitative estimate of drug-likeness (QED) is 0.396. The lowest BCUT2D eigenvalue weighted by molar-refractivity contribution is 0.0657. The number of aliphatic imine (C=N–C) groups is 1. The lowest BCUT2D eigenvalue weighted by atomic mass is 10.1. The molecule has 0 unspecified atom stereocenters. The van der Waals surface area contributed by atoms with E-state index >= 15 is 0 Å². The largest absolute Gasteiger partial charge is 0.382 e. The van der Waals surface area contributed by atoms with Crippen LogP contribution in [0.4, 0.5) is 0 Å².